The van der Waals surface area contributed by atoms with Gasteiger partial charge in [-0.25, -0.2) is 0 Å². The zero-order valence-electron chi connectivity index (χ0n) is 19.2. The van der Waals surface area contributed by atoms with Crippen LogP contribution in [0.15, 0.2) is 69.8 Å². The van der Waals surface area contributed by atoms with Gasteiger partial charge in [0.25, 0.3) is 0 Å². The van der Waals surface area contributed by atoms with E-state index in [0.29, 0.717) is 18.5 Å². The summed E-state index contributed by atoms with van der Waals surface area (Å²) >= 11 is 1.59. The highest BCUT2D eigenvalue weighted by atomic mass is 32.1. The number of thiophene rings is 1. The molecule has 1 amide bonds. The maximum Gasteiger partial charge on any atom is 0.249 e. The molecule has 0 spiro atoms. The van der Waals surface area contributed by atoms with Gasteiger partial charge in [0, 0.05) is 58.5 Å². The van der Waals surface area contributed by atoms with Gasteiger partial charge in [-0.2, -0.15) is 11.3 Å². The molecule has 1 aromatic carbocycles. The second-order valence-electron chi connectivity index (χ2n) is 9.85. The van der Waals surface area contributed by atoms with Crippen LogP contribution in [0.2, 0.25) is 0 Å². The van der Waals surface area contributed by atoms with E-state index < -0.39 is 0 Å². The minimum absolute atomic E-state index is 0.0819. The smallest absolute Gasteiger partial charge is 0.249 e. The number of Topliss-reactive ketones (excluding diaryl/α,β-unsaturated/α-hetero) is 1. The predicted molar refractivity (Wildman–Crippen MR) is 133 cm³/mol. The molecule has 0 radical (unpaired) electrons. The number of ketones is 1. The summed E-state index contributed by atoms with van der Waals surface area (Å²) in [7, 11) is 0. The minimum Gasteiger partial charge on any atom is -0.362 e. The molecule has 3 aromatic rings. The Morgan fingerprint density at radius 1 is 1.21 bits per heavy atom. The molecular formula is C27H29N3O2S. The van der Waals surface area contributed by atoms with Gasteiger partial charge in [0.05, 0.1) is 0 Å². The maximum atomic E-state index is 13.5. The fourth-order valence-electron chi connectivity index (χ4n) is 5.25. The number of nitrogens with one attached hydrogen (secondary N) is 3. The Bertz CT molecular complexity index is 1290. The van der Waals surface area contributed by atoms with Crippen molar-refractivity contribution in [3.05, 3.63) is 81.0 Å². The SMILES string of the molecule is CC1=C(C(=O)NCCc2c[nH]c3ccccc23)C(c2ccsc2)C2=C(CC(C)(C)CC2=O)N1. The van der Waals surface area contributed by atoms with Gasteiger partial charge in [-0.1, -0.05) is 32.0 Å². The van der Waals surface area contributed by atoms with E-state index in [0.717, 1.165) is 40.9 Å². The molecule has 3 heterocycles. The molecule has 0 saturated heterocycles. The van der Waals surface area contributed by atoms with Crippen LogP contribution in [0.3, 0.4) is 0 Å². The second-order valence-corrected chi connectivity index (χ2v) is 10.6. The number of carbonyl (C=O) groups excluding carboxylic acids is 2. The average Bonchev–Trinajstić information content (AvgIpc) is 3.42. The Kier molecular flexibility index (Phi) is 5.49. The van der Waals surface area contributed by atoms with Gasteiger partial charge in [0.2, 0.25) is 5.91 Å². The van der Waals surface area contributed by atoms with Crippen molar-refractivity contribution in [2.24, 2.45) is 5.41 Å². The van der Waals surface area contributed by atoms with Crippen molar-refractivity contribution in [3.8, 4) is 0 Å². The van der Waals surface area contributed by atoms with E-state index in [9.17, 15) is 9.59 Å². The lowest BCUT2D eigenvalue weighted by molar-refractivity contribution is -0.118. The van der Waals surface area contributed by atoms with Gasteiger partial charge in [0.15, 0.2) is 5.78 Å². The molecule has 170 valence electrons. The number of hydrogen-bond acceptors (Lipinski definition) is 4. The van der Waals surface area contributed by atoms with E-state index in [1.807, 2.05) is 36.7 Å². The maximum absolute atomic E-state index is 13.5. The number of para-hydroxylation sites is 1. The molecule has 0 saturated carbocycles. The van der Waals surface area contributed by atoms with Crippen molar-refractivity contribution in [1.29, 1.82) is 0 Å². The Morgan fingerprint density at radius 2 is 2.03 bits per heavy atom. The monoisotopic (exact) mass is 459 g/mol. The molecule has 0 fully saturated rings. The third-order valence-corrected chi connectivity index (χ3v) is 7.42. The molecule has 1 unspecified atom stereocenters. The second kappa shape index (κ2) is 8.34. The molecule has 1 aliphatic heterocycles. The lowest BCUT2D eigenvalue weighted by atomic mass is 9.69. The van der Waals surface area contributed by atoms with Crippen LogP contribution < -0.4 is 10.6 Å². The molecule has 1 atom stereocenters. The summed E-state index contributed by atoms with van der Waals surface area (Å²) in [5.74, 6) is -0.286. The third kappa shape index (κ3) is 4.04. The molecule has 3 N–H and O–H groups in total. The number of aromatic amines is 1. The lowest BCUT2D eigenvalue weighted by Gasteiger charge is -2.39. The number of amides is 1. The van der Waals surface area contributed by atoms with Crippen LogP contribution in [0.25, 0.3) is 10.9 Å². The van der Waals surface area contributed by atoms with E-state index >= 15 is 0 Å². The van der Waals surface area contributed by atoms with Crippen LogP contribution >= 0.6 is 11.3 Å². The van der Waals surface area contributed by atoms with E-state index in [4.69, 9.17) is 0 Å². The minimum atomic E-state index is -0.316. The Balaban J connectivity index is 1.40. The standard InChI is InChI=1S/C27H29N3O2S/c1-16-23(26(32)28-10-8-17-14-29-20-7-5-4-6-19(17)20)24(18-9-11-33-15-18)25-21(30-16)12-27(2,3)13-22(25)31/h4-7,9,11,14-15,24,29-30H,8,10,12-13H2,1-3H3,(H,28,32). The Morgan fingerprint density at radius 3 is 2.82 bits per heavy atom. The number of dihydropyridines is 1. The number of benzene rings is 1. The summed E-state index contributed by atoms with van der Waals surface area (Å²) in [6, 6.07) is 10.2. The van der Waals surface area contributed by atoms with E-state index in [2.05, 4.69) is 47.0 Å². The lowest BCUT2D eigenvalue weighted by Crippen LogP contribution is -2.40. The van der Waals surface area contributed by atoms with Gasteiger partial charge >= 0.3 is 0 Å². The van der Waals surface area contributed by atoms with Gasteiger partial charge < -0.3 is 15.6 Å². The third-order valence-electron chi connectivity index (χ3n) is 6.72. The fourth-order valence-corrected chi connectivity index (χ4v) is 5.94. The van der Waals surface area contributed by atoms with E-state index in [1.54, 1.807) is 11.3 Å². The zero-order chi connectivity index (χ0) is 23.2. The first-order valence-electron chi connectivity index (χ1n) is 11.4. The molecule has 0 bridgehead atoms. The first-order chi connectivity index (χ1) is 15.8. The number of carbonyl (C=O) groups is 2. The van der Waals surface area contributed by atoms with Crippen molar-refractivity contribution < 1.29 is 9.59 Å². The zero-order valence-corrected chi connectivity index (χ0v) is 20.1. The van der Waals surface area contributed by atoms with Crippen molar-refractivity contribution in [1.82, 2.24) is 15.6 Å². The van der Waals surface area contributed by atoms with Crippen LogP contribution in [0.5, 0.6) is 0 Å². The number of H-pyrrole nitrogens is 1. The topological polar surface area (TPSA) is 74.0 Å². The number of fused-ring (bicyclic) bond motifs is 1. The highest BCUT2D eigenvalue weighted by Crippen LogP contribution is 2.46. The van der Waals surface area contributed by atoms with Crippen LogP contribution in [-0.2, 0) is 16.0 Å². The van der Waals surface area contributed by atoms with Crippen molar-refractivity contribution >= 4 is 33.9 Å². The van der Waals surface area contributed by atoms with Gasteiger partial charge in [-0.3, -0.25) is 9.59 Å². The van der Waals surface area contributed by atoms with Gasteiger partial charge in [-0.05, 0) is 59.2 Å². The normalized spacial score (nSPS) is 20.1. The highest BCUT2D eigenvalue weighted by molar-refractivity contribution is 7.08. The molecule has 1 aliphatic carbocycles. The van der Waals surface area contributed by atoms with Crippen LogP contribution in [0.4, 0.5) is 0 Å². The summed E-state index contributed by atoms with van der Waals surface area (Å²) in [6.07, 6.45) is 4.06. The molecule has 33 heavy (non-hydrogen) atoms. The molecule has 6 heteroatoms. The first-order valence-corrected chi connectivity index (χ1v) is 12.4. The largest absolute Gasteiger partial charge is 0.362 e. The van der Waals surface area contributed by atoms with Gasteiger partial charge in [0.1, 0.15) is 0 Å². The summed E-state index contributed by atoms with van der Waals surface area (Å²) in [6.45, 7) is 6.73. The van der Waals surface area contributed by atoms with Crippen LogP contribution in [0.1, 0.15) is 50.7 Å². The number of rotatable bonds is 5. The Hall–Kier alpha value is -3.12. The number of aromatic nitrogens is 1. The van der Waals surface area contributed by atoms with Crippen LogP contribution in [-0.4, -0.2) is 23.2 Å². The molecular weight excluding hydrogens is 430 g/mol. The summed E-state index contributed by atoms with van der Waals surface area (Å²) < 4.78 is 0. The number of allylic oxidation sites excluding steroid dienone is 3. The Labute approximate surface area is 198 Å². The van der Waals surface area contributed by atoms with Crippen molar-refractivity contribution in [2.75, 3.05) is 6.54 Å². The summed E-state index contributed by atoms with van der Waals surface area (Å²) in [5, 5.41) is 11.8. The molecule has 5 nitrogen and oxygen atoms in total. The predicted octanol–water partition coefficient (Wildman–Crippen LogP) is 5.19. The van der Waals surface area contributed by atoms with E-state index in [1.165, 1.54) is 10.9 Å². The van der Waals surface area contributed by atoms with Crippen molar-refractivity contribution in [3.63, 3.8) is 0 Å². The van der Waals surface area contributed by atoms with E-state index in [-0.39, 0.29) is 23.0 Å². The van der Waals surface area contributed by atoms with Crippen LogP contribution in [0, 0.1) is 5.41 Å². The van der Waals surface area contributed by atoms with Crippen molar-refractivity contribution in [2.45, 2.75) is 46.0 Å². The molecule has 5 rings (SSSR count). The summed E-state index contributed by atoms with van der Waals surface area (Å²) in [5.41, 5.74) is 6.44. The molecule has 2 aromatic heterocycles. The quantitative estimate of drug-likeness (QED) is 0.491. The summed E-state index contributed by atoms with van der Waals surface area (Å²) in [4.78, 5) is 30.0. The number of hydrogen-bond donors (Lipinski definition) is 3. The first kappa shape index (κ1) is 21.7. The highest BCUT2D eigenvalue weighted by Gasteiger charge is 2.42. The fraction of sp³-hybridized carbons (Fsp3) is 0.333. The average molecular weight is 460 g/mol. The van der Waals surface area contributed by atoms with Gasteiger partial charge in [-0.15, -0.1) is 0 Å². The molecule has 2 aliphatic rings.